The summed E-state index contributed by atoms with van der Waals surface area (Å²) in [5, 5.41) is 0. The fourth-order valence-electron chi connectivity index (χ4n) is 0.916. The largest absolute Gasteiger partial charge is 0.458 e. The Balaban J connectivity index is 2.28. The van der Waals surface area contributed by atoms with Crippen LogP contribution in [0.2, 0.25) is 0 Å². The van der Waals surface area contributed by atoms with E-state index < -0.39 is 0 Å². The molecule has 0 spiro atoms. The highest BCUT2D eigenvalue weighted by molar-refractivity contribution is 5.66. The van der Waals surface area contributed by atoms with Crippen LogP contribution >= 0.6 is 0 Å². The van der Waals surface area contributed by atoms with Crippen molar-refractivity contribution in [3.05, 3.63) is 12.2 Å². The molecule has 2 heteroatoms. The number of allylic oxidation sites excluding steroid dienone is 1. The number of ether oxygens (including phenoxy) is 1. The van der Waals surface area contributed by atoms with Crippen molar-refractivity contribution >= 4 is 5.97 Å². The molecule has 0 heterocycles. The van der Waals surface area contributed by atoms with Gasteiger partial charge in [-0.3, -0.25) is 4.79 Å². The summed E-state index contributed by atoms with van der Waals surface area (Å²) in [5.41, 5.74) is 0. The van der Waals surface area contributed by atoms with Crippen molar-refractivity contribution in [3.63, 3.8) is 0 Å². The van der Waals surface area contributed by atoms with Gasteiger partial charge < -0.3 is 4.74 Å². The molecule has 0 bridgehead atoms. The summed E-state index contributed by atoms with van der Waals surface area (Å²) in [7, 11) is 0. The van der Waals surface area contributed by atoms with E-state index in [1.807, 2.05) is 12.2 Å². The number of rotatable bonds is 1. The van der Waals surface area contributed by atoms with E-state index in [1.165, 1.54) is 6.92 Å². The van der Waals surface area contributed by atoms with E-state index in [4.69, 9.17) is 4.74 Å². The Bertz CT molecular complexity index is 138. The second kappa shape index (κ2) is 2.67. The first-order valence-corrected chi connectivity index (χ1v) is 3.13. The standard InChI is InChI=1S/C7H10O2/c1-6(8)9-7-4-2-3-5-7/h2,4,7H,3,5H2,1H3/t7-/m0/s1. The molecule has 50 valence electrons. The van der Waals surface area contributed by atoms with Crippen molar-refractivity contribution in [1.29, 1.82) is 0 Å². The second-order valence-electron chi connectivity index (χ2n) is 2.15. The summed E-state index contributed by atoms with van der Waals surface area (Å²) in [6.07, 6.45) is 6.02. The minimum Gasteiger partial charge on any atom is -0.458 e. The summed E-state index contributed by atoms with van der Waals surface area (Å²) >= 11 is 0. The zero-order valence-electron chi connectivity index (χ0n) is 5.46. The Morgan fingerprint density at radius 3 is 3.00 bits per heavy atom. The van der Waals surface area contributed by atoms with Crippen LogP contribution in [-0.4, -0.2) is 12.1 Å². The van der Waals surface area contributed by atoms with Gasteiger partial charge in [-0.15, -0.1) is 0 Å². The van der Waals surface area contributed by atoms with Crippen LogP contribution in [0.3, 0.4) is 0 Å². The van der Waals surface area contributed by atoms with E-state index in [9.17, 15) is 4.79 Å². The van der Waals surface area contributed by atoms with E-state index in [1.54, 1.807) is 0 Å². The van der Waals surface area contributed by atoms with E-state index in [0.717, 1.165) is 12.8 Å². The van der Waals surface area contributed by atoms with Crippen molar-refractivity contribution in [1.82, 2.24) is 0 Å². The van der Waals surface area contributed by atoms with Gasteiger partial charge in [-0.2, -0.15) is 0 Å². The van der Waals surface area contributed by atoms with Gasteiger partial charge in [0.15, 0.2) is 0 Å². The normalized spacial score (nSPS) is 24.3. The molecule has 0 aromatic rings. The number of carbonyl (C=O) groups excluding carboxylic acids is 1. The smallest absolute Gasteiger partial charge is 0.303 e. The SMILES string of the molecule is CC(=O)O[C@H]1C=CCC1. The van der Waals surface area contributed by atoms with Gasteiger partial charge in [0, 0.05) is 6.92 Å². The lowest BCUT2D eigenvalue weighted by atomic mass is 10.3. The molecule has 2 nitrogen and oxygen atoms in total. The van der Waals surface area contributed by atoms with Crippen LogP contribution in [0, 0.1) is 0 Å². The highest BCUT2D eigenvalue weighted by Gasteiger charge is 2.10. The zero-order chi connectivity index (χ0) is 6.69. The minimum atomic E-state index is -0.188. The Labute approximate surface area is 54.5 Å². The summed E-state index contributed by atoms with van der Waals surface area (Å²) < 4.78 is 4.89. The quantitative estimate of drug-likeness (QED) is 0.390. The summed E-state index contributed by atoms with van der Waals surface area (Å²) in [6, 6.07) is 0. The van der Waals surface area contributed by atoms with Crippen LogP contribution in [0.5, 0.6) is 0 Å². The second-order valence-corrected chi connectivity index (χ2v) is 2.15. The third kappa shape index (κ3) is 1.88. The highest BCUT2D eigenvalue weighted by atomic mass is 16.5. The molecule has 0 radical (unpaired) electrons. The molecule has 0 saturated heterocycles. The van der Waals surface area contributed by atoms with Gasteiger partial charge in [-0.05, 0) is 18.9 Å². The van der Waals surface area contributed by atoms with E-state index in [2.05, 4.69) is 0 Å². The molecule has 1 atom stereocenters. The fourth-order valence-corrected chi connectivity index (χ4v) is 0.916. The van der Waals surface area contributed by atoms with Crippen LogP contribution < -0.4 is 0 Å². The Morgan fingerprint density at radius 1 is 1.78 bits per heavy atom. The van der Waals surface area contributed by atoms with Crippen molar-refractivity contribution < 1.29 is 9.53 Å². The molecule has 0 aliphatic heterocycles. The Morgan fingerprint density at radius 2 is 2.56 bits per heavy atom. The lowest BCUT2D eigenvalue weighted by Gasteiger charge is -2.05. The average molecular weight is 126 g/mol. The molecule has 1 rings (SSSR count). The molecule has 1 aliphatic rings. The monoisotopic (exact) mass is 126 g/mol. The van der Waals surface area contributed by atoms with Crippen LogP contribution in [0.1, 0.15) is 19.8 Å². The van der Waals surface area contributed by atoms with Crippen LogP contribution in [0.15, 0.2) is 12.2 Å². The molecule has 9 heavy (non-hydrogen) atoms. The minimum absolute atomic E-state index is 0.0579. The lowest BCUT2D eigenvalue weighted by Crippen LogP contribution is -2.09. The highest BCUT2D eigenvalue weighted by Crippen LogP contribution is 2.12. The maximum atomic E-state index is 10.3. The lowest BCUT2D eigenvalue weighted by molar-refractivity contribution is -0.144. The summed E-state index contributed by atoms with van der Waals surface area (Å²) in [4.78, 5) is 10.3. The third-order valence-electron chi connectivity index (χ3n) is 1.29. The number of hydrogen-bond acceptors (Lipinski definition) is 2. The van der Waals surface area contributed by atoms with Crippen molar-refractivity contribution in [2.75, 3.05) is 0 Å². The van der Waals surface area contributed by atoms with Crippen molar-refractivity contribution in [2.45, 2.75) is 25.9 Å². The van der Waals surface area contributed by atoms with Crippen LogP contribution in [0.25, 0.3) is 0 Å². The summed E-state index contributed by atoms with van der Waals surface area (Å²) in [6.45, 7) is 1.44. The van der Waals surface area contributed by atoms with Crippen LogP contribution in [-0.2, 0) is 9.53 Å². The van der Waals surface area contributed by atoms with Crippen molar-refractivity contribution in [3.8, 4) is 0 Å². The van der Waals surface area contributed by atoms with E-state index >= 15 is 0 Å². The van der Waals surface area contributed by atoms with Crippen molar-refractivity contribution in [2.24, 2.45) is 0 Å². The first kappa shape index (κ1) is 6.33. The molecule has 0 fully saturated rings. The molecule has 1 aliphatic carbocycles. The number of hydrogen-bond donors (Lipinski definition) is 0. The van der Waals surface area contributed by atoms with Gasteiger partial charge in [-0.1, -0.05) is 6.08 Å². The van der Waals surface area contributed by atoms with Gasteiger partial charge in [0.25, 0.3) is 0 Å². The topological polar surface area (TPSA) is 26.3 Å². The van der Waals surface area contributed by atoms with Gasteiger partial charge in [0.05, 0.1) is 0 Å². The molecule has 0 saturated carbocycles. The van der Waals surface area contributed by atoms with Gasteiger partial charge >= 0.3 is 5.97 Å². The molecule has 0 N–H and O–H groups in total. The molecule has 0 aromatic heterocycles. The van der Waals surface area contributed by atoms with Gasteiger partial charge in [-0.25, -0.2) is 0 Å². The molecular weight excluding hydrogens is 116 g/mol. The predicted molar refractivity (Wildman–Crippen MR) is 33.9 cm³/mol. The number of esters is 1. The van der Waals surface area contributed by atoms with Gasteiger partial charge in [0.1, 0.15) is 6.10 Å². The maximum Gasteiger partial charge on any atom is 0.303 e. The Kier molecular flexibility index (Phi) is 1.88. The first-order chi connectivity index (χ1) is 4.29. The zero-order valence-corrected chi connectivity index (χ0v) is 5.46. The van der Waals surface area contributed by atoms with Gasteiger partial charge in [0.2, 0.25) is 0 Å². The Hall–Kier alpha value is -0.790. The number of carbonyl (C=O) groups is 1. The molecule has 0 aromatic carbocycles. The maximum absolute atomic E-state index is 10.3. The fraction of sp³-hybridized carbons (Fsp3) is 0.571. The molecule has 0 amide bonds. The average Bonchev–Trinajstić information content (AvgIpc) is 2.15. The summed E-state index contributed by atoms with van der Waals surface area (Å²) in [5.74, 6) is -0.188. The predicted octanol–water partition coefficient (Wildman–Crippen LogP) is 1.27. The molecular formula is C7H10O2. The van der Waals surface area contributed by atoms with Crippen LogP contribution in [0.4, 0.5) is 0 Å². The van der Waals surface area contributed by atoms with E-state index in [0.29, 0.717) is 0 Å². The van der Waals surface area contributed by atoms with E-state index in [-0.39, 0.29) is 12.1 Å². The molecule has 0 unspecified atom stereocenters. The first-order valence-electron chi connectivity index (χ1n) is 3.13. The third-order valence-corrected chi connectivity index (χ3v) is 1.29.